The van der Waals surface area contributed by atoms with Crippen LogP contribution in [0.4, 0.5) is 0 Å². The van der Waals surface area contributed by atoms with Crippen LogP contribution in [0.15, 0.2) is 93.8 Å². The zero-order valence-electron chi connectivity index (χ0n) is 18.7. The quantitative estimate of drug-likeness (QED) is 0.284. The fourth-order valence-corrected chi connectivity index (χ4v) is 6.94. The number of thiophene rings is 1. The number of thiazole rings is 1. The fourth-order valence-electron chi connectivity index (χ4n) is 3.74. The Morgan fingerprint density at radius 1 is 1.29 bits per heavy atom. The van der Waals surface area contributed by atoms with Crippen molar-refractivity contribution in [3.05, 3.63) is 100.0 Å². The molecule has 0 spiro atoms. The lowest BCUT2D eigenvalue weighted by Gasteiger charge is -2.23. The lowest BCUT2D eigenvalue weighted by atomic mass is 10.0. The van der Waals surface area contributed by atoms with Gasteiger partial charge in [0.2, 0.25) is 0 Å². The van der Waals surface area contributed by atoms with E-state index in [0.717, 1.165) is 14.2 Å². The largest absolute Gasteiger partial charge is 0.463 e. The first-order chi connectivity index (χ1) is 17.0. The van der Waals surface area contributed by atoms with Crippen LogP contribution in [0.5, 0.6) is 0 Å². The van der Waals surface area contributed by atoms with Crippen molar-refractivity contribution < 1.29 is 13.9 Å². The molecule has 3 aromatic heterocycles. The summed E-state index contributed by atoms with van der Waals surface area (Å²) in [5.41, 5.74) is 0.707. The van der Waals surface area contributed by atoms with E-state index in [0.29, 0.717) is 31.5 Å². The highest BCUT2D eigenvalue weighted by Crippen LogP contribution is 2.36. The van der Waals surface area contributed by atoms with Crippen LogP contribution in [0.2, 0.25) is 0 Å². The second kappa shape index (κ2) is 10.1. The van der Waals surface area contributed by atoms with Gasteiger partial charge in [0.25, 0.3) is 5.56 Å². The van der Waals surface area contributed by atoms with Gasteiger partial charge in [-0.15, -0.1) is 11.3 Å². The number of hydrogen-bond acceptors (Lipinski definition) is 8. The minimum atomic E-state index is -0.583. The summed E-state index contributed by atoms with van der Waals surface area (Å²) in [6.07, 6.45) is 1.72. The van der Waals surface area contributed by atoms with Crippen LogP contribution in [-0.4, -0.2) is 17.1 Å². The van der Waals surface area contributed by atoms with E-state index in [9.17, 15) is 9.59 Å². The molecule has 5 rings (SSSR count). The average molecular weight is 588 g/mol. The van der Waals surface area contributed by atoms with Gasteiger partial charge < -0.3 is 9.15 Å². The average Bonchev–Trinajstić information content (AvgIpc) is 3.55. The van der Waals surface area contributed by atoms with Gasteiger partial charge in [-0.3, -0.25) is 9.36 Å². The van der Waals surface area contributed by atoms with Crippen molar-refractivity contribution in [2.24, 2.45) is 4.99 Å². The van der Waals surface area contributed by atoms with Gasteiger partial charge in [0.15, 0.2) is 9.89 Å². The number of carbonyl (C=O) groups is 1. The summed E-state index contributed by atoms with van der Waals surface area (Å²) in [7, 11) is 0. The van der Waals surface area contributed by atoms with Crippen LogP contribution in [0.3, 0.4) is 0 Å². The highest BCUT2D eigenvalue weighted by Gasteiger charge is 2.33. The van der Waals surface area contributed by atoms with Crippen molar-refractivity contribution in [3.63, 3.8) is 0 Å². The SMILES string of the molecule is CCOC(=O)C1=C(C)N=c2s/c(=C/c3cc(Br)c(Sc4ccccc4)o3)c(=O)n2[C@H]1c1cccs1. The minimum absolute atomic E-state index is 0.230. The first-order valence-corrected chi connectivity index (χ1v) is 14.0. The van der Waals surface area contributed by atoms with E-state index in [1.807, 2.05) is 53.9 Å². The Morgan fingerprint density at radius 2 is 2.09 bits per heavy atom. The summed E-state index contributed by atoms with van der Waals surface area (Å²) < 4.78 is 14.2. The maximum atomic E-state index is 13.6. The van der Waals surface area contributed by atoms with Crippen molar-refractivity contribution in [2.75, 3.05) is 6.61 Å². The molecule has 0 aliphatic carbocycles. The number of halogens is 1. The number of benzene rings is 1. The van der Waals surface area contributed by atoms with Gasteiger partial charge in [-0.05, 0) is 59.4 Å². The number of esters is 1. The van der Waals surface area contributed by atoms with Crippen LogP contribution in [-0.2, 0) is 9.53 Å². The molecule has 0 radical (unpaired) electrons. The standard InChI is InChI=1S/C25H19BrN2O4S3/c1-3-31-23(30)20-14(2)27-25-28(21(20)18-10-7-11-33-18)22(29)19(35-25)13-15-12-17(26)24(32-15)34-16-8-5-4-6-9-16/h4-13,21H,3H2,1-2H3/b19-13+/t21-/m0/s1. The molecule has 1 aromatic carbocycles. The molecule has 1 aliphatic rings. The van der Waals surface area contributed by atoms with Gasteiger partial charge in [0.1, 0.15) is 11.8 Å². The molecule has 10 heteroatoms. The number of aromatic nitrogens is 1. The Morgan fingerprint density at radius 3 is 2.80 bits per heavy atom. The number of carbonyl (C=O) groups excluding carboxylic acids is 1. The minimum Gasteiger partial charge on any atom is -0.463 e. The Labute approximate surface area is 221 Å². The molecule has 4 heterocycles. The summed E-state index contributed by atoms with van der Waals surface area (Å²) in [4.78, 5) is 33.5. The number of hydrogen-bond donors (Lipinski definition) is 0. The summed E-state index contributed by atoms with van der Waals surface area (Å²) in [5, 5.41) is 2.63. The smallest absolute Gasteiger partial charge is 0.338 e. The van der Waals surface area contributed by atoms with E-state index in [4.69, 9.17) is 9.15 Å². The zero-order valence-corrected chi connectivity index (χ0v) is 22.7. The third-order valence-corrected chi connectivity index (χ3v) is 8.99. The predicted molar refractivity (Wildman–Crippen MR) is 142 cm³/mol. The Bertz CT molecular complexity index is 1600. The second-order valence-electron chi connectivity index (χ2n) is 7.52. The lowest BCUT2D eigenvalue weighted by Crippen LogP contribution is -2.39. The number of nitrogens with zero attached hydrogens (tertiary/aromatic N) is 2. The molecule has 1 atom stereocenters. The van der Waals surface area contributed by atoms with Gasteiger partial charge in [-0.25, -0.2) is 9.79 Å². The Balaban J connectivity index is 1.59. The maximum absolute atomic E-state index is 13.6. The van der Waals surface area contributed by atoms with E-state index < -0.39 is 12.0 Å². The summed E-state index contributed by atoms with van der Waals surface area (Å²) in [6, 6.07) is 15.0. The van der Waals surface area contributed by atoms with Crippen molar-refractivity contribution in [1.29, 1.82) is 0 Å². The van der Waals surface area contributed by atoms with Crippen LogP contribution < -0.4 is 14.9 Å². The zero-order chi connectivity index (χ0) is 24.5. The van der Waals surface area contributed by atoms with E-state index in [1.54, 1.807) is 24.5 Å². The molecule has 0 fully saturated rings. The molecule has 1 aliphatic heterocycles. The normalized spacial score (nSPS) is 15.7. The molecule has 0 N–H and O–H groups in total. The predicted octanol–water partition coefficient (Wildman–Crippen LogP) is 5.37. The number of fused-ring (bicyclic) bond motifs is 1. The van der Waals surface area contributed by atoms with Crippen molar-refractivity contribution in [1.82, 2.24) is 4.57 Å². The Hall–Kier alpha value is -2.66. The van der Waals surface area contributed by atoms with Gasteiger partial charge >= 0.3 is 5.97 Å². The van der Waals surface area contributed by atoms with Gasteiger partial charge in [0, 0.05) is 15.8 Å². The summed E-state index contributed by atoms with van der Waals surface area (Å²) in [6.45, 7) is 3.78. The van der Waals surface area contributed by atoms with Crippen LogP contribution >= 0.6 is 50.4 Å². The number of furan rings is 1. The van der Waals surface area contributed by atoms with Gasteiger partial charge in [0.05, 0.1) is 26.9 Å². The molecule has 0 amide bonds. The summed E-state index contributed by atoms with van der Waals surface area (Å²) in [5.74, 6) is 0.0912. The molecule has 178 valence electrons. The van der Waals surface area contributed by atoms with E-state index in [1.165, 1.54) is 34.4 Å². The van der Waals surface area contributed by atoms with E-state index >= 15 is 0 Å². The third kappa shape index (κ3) is 4.75. The molecule has 0 saturated carbocycles. The number of rotatable bonds is 6. The molecule has 35 heavy (non-hydrogen) atoms. The highest BCUT2D eigenvalue weighted by atomic mass is 79.9. The maximum Gasteiger partial charge on any atom is 0.338 e. The highest BCUT2D eigenvalue weighted by molar-refractivity contribution is 9.10. The van der Waals surface area contributed by atoms with Crippen LogP contribution in [0.1, 0.15) is 30.5 Å². The van der Waals surface area contributed by atoms with Crippen molar-refractivity contribution in [2.45, 2.75) is 29.9 Å². The first kappa shape index (κ1) is 24.1. The molecule has 4 aromatic rings. The molecule has 0 saturated heterocycles. The van der Waals surface area contributed by atoms with E-state index in [-0.39, 0.29) is 12.2 Å². The fraction of sp³-hybridized carbons (Fsp3) is 0.160. The van der Waals surface area contributed by atoms with Crippen LogP contribution in [0, 0.1) is 0 Å². The van der Waals surface area contributed by atoms with E-state index in [2.05, 4.69) is 20.9 Å². The molecular weight excluding hydrogens is 568 g/mol. The molecule has 0 bridgehead atoms. The summed E-state index contributed by atoms with van der Waals surface area (Å²) >= 11 is 7.81. The van der Waals surface area contributed by atoms with Crippen LogP contribution in [0.25, 0.3) is 6.08 Å². The van der Waals surface area contributed by atoms with Crippen molar-refractivity contribution in [3.8, 4) is 0 Å². The molecule has 6 nitrogen and oxygen atoms in total. The number of allylic oxidation sites excluding steroid dienone is 1. The van der Waals surface area contributed by atoms with Gasteiger partial charge in [-0.1, -0.05) is 47.4 Å². The second-order valence-corrected chi connectivity index (χ2v) is 11.4. The first-order valence-electron chi connectivity index (χ1n) is 10.7. The number of ether oxygens (including phenoxy) is 1. The molecule has 0 unspecified atom stereocenters. The topological polar surface area (TPSA) is 73.8 Å². The third-order valence-electron chi connectivity index (χ3n) is 5.23. The monoisotopic (exact) mass is 586 g/mol. The molecular formula is C25H19BrN2O4S3. The lowest BCUT2D eigenvalue weighted by molar-refractivity contribution is -0.139. The van der Waals surface area contributed by atoms with Gasteiger partial charge in [-0.2, -0.15) is 0 Å². The Kier molecular flexibility index (Phi) is 6.97. The van der Waals surface area contributed by atoms with Crippen molar-refractivity contribution >= 4 is 62.4 Å².